The zero-order chi connectivity index (χ0) is 16.5. The van der Waals surface area contributed by atoms with Crippen molar-refractivity contribution in [2.45, 2.75) is 32.3 Å². The molecule has 6 heteroatoms. The van der Waals surface area contributed by atoms with E-state index in [1.165, 1.54) is 12.0 Å². The van der Waals surface area contributed by atoms with Gasteiger partial charge in [-0.05, 0) is 23.6 Å². The molecule has 120 valence electrons. The molecule has 0 atom stereocenters. The Morgan fingerprint density at radius 3 is 2.45 bits per heavy atom. The molecule has 0 aliphatic carbocycles. The van der Waals surface area contributed by atoms with Gasteiger partial charge in [0.15, 0.2) is 0 Å². The molecule has 0 radical (unpaired) electrons. The summed E-state index contributed by atoms with van der Waals surface area (Å²) in [6.45, 7) is 7.15. The number of benzene rings is 1. The Hall–Kier alpha value is -1.56. The first-order chi connectivity index (χ1) is 10.2. The molecule has 1 amide bonds. The van der Waals surface area contributed by atoms with E-state index < -0.39 is 11.9 Å². The van der Waals surface area contributed by atoms with E-state index >= 15 is 0 Å². The molecule has 0 aromatic heterocycles. The molecule has 5 nitrogen and oxygen atoms in total. The third kappa shape index (κ3) is 3.61. The highest BCUT2D eigenvalue weighted by Crippen LogP contribution is 2.34. The zero-order valence-corrected chi connectivity index (χ0v) is 14.8. The summed E-state index contributed by atoms with van der Waals surface area (Å²) in [5.74, 6) is -0.641. The summed E-state index contributed by atoms with van der Waals surface area (Å²) in [5.41, 5.74) is 1.05. The number of carbonyl (C=O) groups excluding carboxylic acids is 2. The smallest absolute Gasteiger partial charge is 0.396 e. The van der Waals surface area contributed by atoms with Gasteiger partial charge in [0, 0.05) is 10.0 Å². The van der Waals surface area contributed by atoms with Crippen molar-refractivity contribution in [1.82, 2.24) is 4.90 Å². The van der Waals surface area contributed by atoms with Gasteiger partial charge in [0.05, 0.1) is 20.2 Å². The highest BCUT2D eigenvalue weighted by atomic mass is 79.9. The molecular weight excluding hydrogens is 350 g/mol. The van der Waals surface area contributed by atoms with Gasteiger partial charge >= 0.3 is 11.9 Å². The number of hydrogen-bond acceptors (Lipinski definition) is 4. The molecule has 0 bridgehead atoms. The summed E-state index contributed by atoms with van der Waals surface area (Å²) in [6.07, 6.45) is -0.101. The minimum Gasteiger partial charge on any atom is -0.486 e. The Morgan fingerprint density at radius 2 is 1.91 bits per heavy atom. The highest BCUT2D eigenvalue weighted by molar-refractivity contribution is 9.10. The molecule has 1 aromatic carbocycles. The quantitative estimate of drug-likeness (QED) is 0.593. The van der Waals surface area contributed by atoms with E-state index in [4.69, 9.17) is 4.74 Å². The molecule has 1 aliphatic rings. The van der Waals surface area contributed by atoms with Gasteiger partial charge in [0.1, 0.15) is 11.9 Å². The van der Waals surface area contributed by atoms with Crippen LogP contribution in [0.3, 0.4) is 0 Å². The lowest BCUT2D eigenvalue weighted by atomic mass is 9.86. The van der Waals surface area contributed by atoms with Crippen LogP contribution in [0, 0.1) is 0 Å². The van der Waals surface area contributed by atoms with Crippen LogP contribution in [0.2, 0.25) is 0 Å². The van der Waals surface area contributed by atoms with Crippen LogP contribution in [0.4, 0.5) is 0 Å². The molecular formula is C16H20BrNO4. The van der Waals surface area contributed by atoms with E-state index in [0.717, 1.165) is 15.8 Å². The fourth-order valence-corrected chi connectivity index (χ4v) is 2.63. The SMILES string of the molecule is COC(=O)C(=O)N1CC(Oc2ccc(Br)cc2C(C)(C)C)C1. The Kier molecular flexibility index (Phi) is 4.80. The van der Waals surface area contributed by atoms with E-state index in [1.807, 2.05) is 18.2 Å². The molecule has 22 heavy (non-hydrogen) atoms. The van der Waals surface area contributed by atoms with Crippen molar-refractivity contribution in [3.8, 4) is 5.75 Å². The van der Waals surface area contributed by atoms with Crippen LogP contribution in [0.15, 0.2) is 22.7 Å². The van der Waals surface area contributed by atoms with Crippen LogP contribution in [0.25, 0.3) is 0 Å². The maximum atomic E-state index is 11.6. The third-order valence-corrected chi connectivity index (χ3v) is 4.03. The second kappa shape index (κ2) is 6.28. The van der Waals surface area contributed by atoms with E-state index in [9.17, 15) is 9.59 Å². The average Bonchev–Trinajstić information content (AvgIpc) is 2.41. The molecule has 1 aliphatic heterocycles. The molecule has 0 spiro atoms. The number of esters is 1. The lowest BCUT2D eigenvalue weighted by molar-refractivity contribution is -0.162. The fourth-order valence-electron chi connectivity index (χ4n) is 2.27. The van der Waals surface area contributed by atoms with Crippen molar-refractivity contribution in [2.24, 2.45) is 0 Å². The van der Waals surface area contributed by atoms with Crippen LogP contribution in [-0.2, 0) is 19.7 Å². The lowest BCUT2D eigenvalue weighted by Crippen LogP contribution is -2.58. The van der Waals surface area contributed by atoms with Gasteiger partial charge in [0.2, 0.25) is 0 Å². The maximum Gasteiger partial charge on any atom is 0.396 e. The Balaban J connectivity index is 2.03. The highest BCUT2D eigenvalue weighted by Gasteiger charge is 2.36. The number of likely N-dealkylation sites (tertiary alicyclic amines) is 1. The summed E-state index contributed by atoms with van der Waals surface area (Å²) < 4.78 is 11.4. The normalized spacial score (nSPS) is 15.2. The monoisotopic (exact) mass is 369 g/mol. The first-order valence-electron chi connectivity index (χ1n) is 7.06. The second-order valence-electron chi connectivity index (χ2n) is 6.33. The van der Waals surface area contributed by atoms with Gasteiger partial charge < -0.3 is 14.4 Å². The standard InChI is InChI=1S/C16H20BrNO4/c1-16(2,3)12-7-10(17)5-6-13(12)22-11-8-18(9-11)14(19)15(20)21-4/h5-7,11H,8-9H2,1-4H3. The maximum absolute atomic E-state index is 11.6. The van der Waals surface area contributed by atoms with E-state index in [0.29, 0.717) is 13.1 Å². The summed E-state index contributed by atoms with van der Waals surface area (Å²) in [5, 5.41) is 0. The minimum absolute atomic E-state index is 0.0512. The Bertz CT molecular complexity index is 588. The van der Waals surface area contributed by atoms with Crippen molar-refractivity contribution in [3.05, 3.63) is 28.2 Å². The van der Waals surface area contributed by atoms with Crippen LogP contribution in [0.5, 0.6) is 5.75 Å². The molecule has 1 fully saturated rings. The summed E-state index contributed by atoms with van der Waals surface area (Å²) in [7, 11) is 1.20. The van der Waals surface area contributed by atoms with Gasteiger partial charge in [-0.25, -0.2) is 4.79 Å². The molecule has 1 saturated heterocycles. The van der Waals surface area contributed by atoms with Crippen LogP contribution < -0.4 is 4.74 Å². The number of rotatable bonds is 2. The van der Waals surface area contributed by atoms with Crippen molar-refractivity contribution >= 4 is 27.8 Å². The number of amides is 1. The van der Waals surface area contributed by atoms with Gasteiger partial charge in [-0.3, -0.25) is 4.79 Å². The molecule has 1 aromatic rings. The zero-order valence-electron chi connectivity index (χ0n) is 13.2. The third-order valence-electron chi connectivity index (χ3n) is 3.54. The summed E-state index contributed by atoms with van der Waals surface area (Å²) in [4.78, 5) is 24.2. The summed E-state index contributed by atoms with van der Waals surface area (Å²) >= 11 is 3.48. The molecule has 0 N–H and O–H groups in total. The van der Waals surface area contributed by atoms with Crippen LogP contribution >= 0.6 is 15.9 Å². The largest absolute Gasteiger partial charge is 0.486 e. The van der Waals surface area contributed by atoms with E-state index in [-0.39, 0.29) is 11.5 Å². The fraction of sp³-hybridized carbons (Fsp3) is 0.500. The molecule has 1 heterocycles. The van der Waals surface area contributed by atoms with Crippen molar-refractivity contribution < 1.29 is 19.1 Å². The number of nitrogens with zero attached hydrogens (tertiary/aromatic N) is 1. The summed E-state index contributed by atoms with van der Waals surface area (Å²) in [6, 6.07) is 5.90. The number of halogens is 1. The predicted molar refractivity (Wildman–Crippen MR) is 85.9 cm³/mol. The van der Waals surface area contributed by atoms with E-state index in [1.54, 1.807) is 0 Å². The molecule has 2 rings (SSSR count). The van der Waals surface area contributed by atoms with Crippen molar-refractivity contribution in [3.63, 3.8) is 0 Å². The first kappa shape index (κ1) is 16.8. The number of methoxy groups -OCH3 is 1. The number of carbonyl (C=O) groups is 2. The number of ether oxygens (including phenoxy) is 2. The van der Waals surface area contributed by atoms with Crippen molar-refractivity contribution in [1.29, 1.82) is 0 Å². The predicted octanol–water partition coefficient (Wildman–Crippen LogP) is 2.51. The average molecular weight is 370 g/mol. The Morgan fingerprint density at radius 1 is 1.27 bits per heavy atom. The van der Waals surface area contributed by atoms with Gasteiger partial charge in [0.25, 0.3) is 0 Å². The van der Waals surface area contributed by atoms with Crippen LogP contribution in [-0.4, -0.2) is 43.1 Å². The van der Waals surface area contributed by atoms with Gasteiger partial charge in [-0.2, -0.15) is 0 Å². The molecule has 0 saturated carbocycles. The van der Waals surface area contributed by atoms with Gasteiger partial charge in [-0.15, -0.1) is 0 Å². The topological polar surface area (TPSA) is 55.8 Å². The first-order valence-corrected chi connectivity index (χ1v) is 7.85. The molecule has 0 unspecified atom stereocenters. The minimum atomic E-state index is -0.836. The second-order valence-corrected chi connectivity index (χ2v) is 7.25. The van der Waals surface area contributed by atoms with E-state index in [2.05, 4.69) is 41.4 Å². The van der Waals surface area contributed by atoms with Crippen molar-refractivity contribution in [2.75, 3.05) is 20.2 Å². The van der Waals surface area contributed by atoms with Crippen LogP contribution in [0.1, 0.15) is 26.3 Å². The number of hydrogen-bond donors (Lipinski definition) is 0. The van der Waals surface area contributed by atoms with Gasteiger partial charge in [-0.1, -0.05) is 36.7 Å². The lowest BCUT2D eigenvalue weighted by Gasteiger charge is -2.39. The Labute approximate surface area is 138 Å².